The first-order valence-electron chi connectivity index (χ1n) is 9.23. The number of nitro groups is 1. The van der Waals surface area contributed by atoms with E-state index >= 15 is 0 Å². The van der Waals surface area contributed by atoms with E-state index in [4.69, 9.17) is 9.47 Å². The molecule has 7 nitrogen and oxygen atoms in total. The molecule has 1 saturated carbocycles. The molecule has 1 unspecified atom stereocenters. The second-order valence-electron chi connectivity index (χ2n) is 6.90. The van der Waals surface area contributed by atoms with Gasteiger partial charge in [0, 0.05) is 18.6 Å². The first-order valence-corrected chi connectivity index (χ1v) is 9.23. The Morgan fingerprint density at radius 2 is 1.96 bits per heavy atom. The second-order valence-corrected chi connectivity index (χ2v) is 6.90. The summed E-state index contributed by atoms with van der Waals surface area (Å²) in [6.45, 7) is 0.121. The molecule has 0 heterocycles. The van der Waals surface area contributed by atoms with Crippen LogP contribution in [0.5, 0.6) is 11.5 Å². The van der Waals surface area contributed by atoms with Crippen molar-refractivity contribution in [3.05, 3.63) is 63.7 Å². The van der Waals surface area contributed by atoms with Crippen molar-refractivity contribution in [2.24, 2.45) is 11.8 Å². The highest BCUT2D eigenvalue weighted by atomic mass is 16.6. The van der Waals surface area contributed by atoms with Crippen LogP contribution in [-0.2, 0) is 6.61 Å². The molecule has 1 aliphatic carbocycles. The summed E-state index contributed by atoms with van der Waals surface area (Å²) in [5, 5.41) is 21.1. The van der Waals surface area contributed by atoms with E-state index in [1.54, 1.807) is 0 Å². The summed E-state index contributed by atoms with van der Waals surface area (Å²) in [4.78, 5) is 24.0. The van der Waals surface area contributed by atoms with Crippen LogP contribution in [0.1, 0.15) is 35.2 Å². The fraction of sp³-hybridized carbons (Fsp3) is 0.381. The van der Waals surface area contributed by atoms with E-state index in [-0.39, 0.29) is 47.7 Å². The maximum absolute atomic E-state index is 13.0. The lowest BCUT2D eigenvalue weighted by Gasteiger charge is -2.17. The number of carbonyl (C=O) groups excluding carboxylic acids is 1. The minimum atomic E-state index is -0.578. The lowest BCUT2D eigenvalue weighted by molar-refractivity contribution is -0.385. The molecular formula is C21H23NO6. The van der Waals surface area contributed by atoms with Crippen molar-refractivity contribution in [2.75, 3.05) is 13.7 Å². The summed E-state index contributed by atoms with van der Waals surface area (Å²) in [5.74, 6) is -0.420. The highest BCUT2D eigenvalue weighted by molar-refractivity contribution is 6.02. The maximum atomic E-state index is 13.0. The van der Waals surface area contributed by atoms with Gasteiger partial charge in [-0.2, -0.15) is 0 Å². The Kier molecular flexibility index (Phi) is 6.26. The van der Waals surface area contributed by atoms with Gasteiger partial charge in [-0.1, -0.05) is 36.8 Å². The molecule has 0 radical (unpaired) electrons. The van der Waals surface area contributed by atoms with Crippen molar-refractivity contribution in [3.8, 4) is 11.5 Å². The summed E-state index contributed by atoms with van der Waals surface area (Å²) in [6, 6.07) is 12.0. The lowest BCUT2D eigenvalue weighted by atomic mass is 9.88. The highest BCUT2D eigenvalue weighted by Gasteiger charge is 2.36. The molecule has 28 heavy (non-hydrogen) atoms. The van der Waals surface area contributed by atoms with Crippen LogP contribution in [0.2, 0.25) is 0 Å². The number of nitrogens with zero attached hydrogens (tertiary/aromatic N) is 1. The van der Waals surface area contributed by atoms with Crippen LogP contribution >= 0.6 is 0 Å². The average molecular weight is 385 g/mol. The molecule has 2 atom stereocenters. The lowest BCUT2D eigenvalue weighted by Crippen LogP contribution is -2.22. The Hall–Kier alpha value is -2.93. The van der Waals surface area contributed by atoms with E-state index in [9.17, 15) is 20.0 Å². The van der Waals surface area contributed by atoms with Crippen LogP contribution in [0.4, 0.5) is 5.69 Å². The molecule has 2 aromatic carbocycles. The number of aliphatic hydroxyl groups excluding tert-OH is 1. The number of hydrogen-bond acceptors (Lipinski definition) is 6. The van der Waals surface area contributed by atoms with Gasteiger partial charge in [0.15, 0.2) is 17.3 Å². The third kappa shape index (κ3) is 4.14. The molecule has 0 saturated heterocycles. The predicted octanol–water partition coefficient (Wildman–Crippen LogP) is 3.77. The van der Waals surface area contributed by atoms with Gasteiger partial charge in [0.05, 0.1) is 23.7 Å². The molecule has 2 aromatic rings. The molecule has 1 fully saturated rings. The van der Waals surface area contributed by atoms with Gasteiger partial charge in [-0.25, -0.2) is 0 Å². The number of nitro benzene ring substituents is 1. The van der Waals surface area contributed by atoms with Gasteiger partial charge in [0.25, 0.3) is 5.69 Å². The Morgan fingerprint density at radius 3 is 2.61 bits per heavy atom. The third-order valence-corrected chi connectivity index (χ3v) is 5.21. The molecule has 148 valence electrons. The highest BCUT2D eigenvalue weighted by Crippen LogP contribution is 2.40. The van der Waals surface area contributed by atoms with Crippen molar-refractivity contribution < 1.29 is 24.3 Å². The number of methoxy groups -OCH3 is 1. The van der Waals surface area contributed by atoms with Gasteiger partial charge < -0.3 is 14.6 Å². The summed E-state index contributed by atoms with van der Waals surface area (Å²) in [6.07, 6.45) is 2.19. The fourth-order valence-electron chi connectivity index (χ4n) is 3.71. The third-order valence-electron chi connectivity index (χ3n) is 5.21. The molecule has 7 heteroatoms. The van der Waals surface area contributed by atoms with Crippen LogP contribution in [0.25, 0.3) is 0 Å². The van der Waals surface area contributed by atoms with Crippen molar-refractivity contribution >= 4 is 11.5 Å². The number of Topliss-reactive ketones (excluding diaryl/α,β-unsaturated/α-hetero) is 1. The number of ketones is 1. The van der Waals surface area contributed by atoms with E-state index in [1.807, 2.05) is 30.3 Å². The largest absolute Gasteiger partial charge is 0.493 e. The zero-order chi connectivity index (χ0) is 20.1. The van der Waals surface area contributed by atoms with Gasteiger partial charge in [-0.3, -0.25) is 14.9 Å². The number of ether oxygens (including phenoxy) is 2. The Morgan fingerprint density at radius 1 is 1.21 bits per heavy atom. The molecule has 1 N–H and O–H groups in total. The molecule has 0 amide bonds. The van der Waals surface area contributed by atoms with Gasteiger partial charge in [-0.05, 0) is 24.3 Å². The van der Waals surface area contributed by atoms with Gasteiger partial charge in [-0.15, -0.1) is 0 Å². The Labute approximate surface area is 163 Å². The number of hydrogen-bond donors (Lipinski definition) is 1. The van der Waals surface area contributed by atoms with Crippen LogP contribution < -0.4 is 9.47 Å². The van der Waals surface area contributed by atoms with Gasteiger partial charge in [0.2, 0.25) is 0 Å². The number of carbonyl (C=O) groups is 1. The molecule has 0 aromatic heterocycles. The molecule has 0 spiro atoms. The van der Waals surface area contributed by atoms with Crippen LogP contribution in [0.15, 0.2) is 42.5 Å². The number of aliphatic hydroxyl groups is 1. The molecule has 3 rings (SSSR count). The quantitative estimate of drug-likeness (QED) is 0.422. The number of rotatable bonds is 8. The second kappa shape index (κ2) is 8.84. The maximum Gasteiger partial charge on any atom is 0.284 e. The van der Waals surface area contributed by atoms with Crippen molar-refractivity contribution in [3.63, 3.8) is 0 Å². The Bertz CT molecular complexity index is 851. The minimum Gasteiger partial charge on any atom is -0.493 e. The Balaban J connectivity index is 1.92. The van der Waals surface area contributed by atoms with Crippen LogP contribution in [0, 0.1) is 22.0 Å². The summed E-state index contributed by atoms with van der Waals surface area (Å²) in [5.41, 5.74) is 0.598. The van der Waals surface area contributed by atoms with E-state index in [2.05, 4.69) is 0 Å². The van der Waals surface area contributed by atoms with Crippen LogP contribution in [-0.4, -0.2) is 29.5 Å². The fourth-order valence-corrected chi connectivity index (χ4v) is 3.71. The van der Waals surface area contributed by atoms with Gasteiger partial charge >= 0.3 is 0 Å². The van der Waals surface area contributed by atoms with E-state index in [0.29, 0.717) is 6.42 Å². The minimum absolute atomic E-state index is 0.000684. The topological polar surface area (TPSA) is 98.9 Å². The van der Waals surface area contributed by atoms with Crippen LogP contribution in [0.3, 0.4) is 0 Å². The molecule has 0 bridgehead atoms. The summed E-state index contributed by atoms with van der Waals surface area (Å²) < 4.78 is 11.1. The van der Waals surface area contributed by atoms with E-state index in [0.717, 1.165) is 18.4 Å². The monoisotopic (exact) mass is 385 g/mol. The first-order chi connectivity index (χ1) is 13.5. The first kappa shape index (κ1) is 19.8. The number of benzene rings is 2. The van der Waals surface area contributed by atoms with Crippen molar-refractivity contribution in [1.29, 1.82) is 0 Å². The summed E-state index contributed by atoms with van der Waals surface area (Å²) >= 11 is 0. The van der Waals surface area contributed by atoms with Crippen molar-refractivity contribution in [1.82, 2.24) is 0 Å². The van der Waals surface area contributed by atoms with Crippen molar-refractivity contribution in [2.45, 2.75) is 25.9 Å². The predicted molar refractivity (Wildman–Crippen MR) is 103 cm³/mol. The van der Waals surface area contributed by atoms with E-state index < -0.39 is 10.8 Å². The standard InChI is InChI=1S/C21H23NO6/c1-27-19-10-17(21(24)16-9-5-8-15(16)12-23)18(22(25)26)11-20(19)28-13-14-6-3-2-4-7-14/h2-4,6-7,10-11,15-16,23H,5,8-9,12-13H2,1H3/t15-,16?/m0/s1. The SMILES string of the molecule is COc1cc(C(=O)C2CCC[C@H]2CO)c([N+](=O)[O-])cc1OCc1ccccc1. The zero-order valence-corrected chi connectivity index (χ0v) is 15.7. The molecule has 1 aliphatic rings. The molecular weight excluding hydrogens is 362 g/mol. The summed E-state index contributed by atoms with van der Waals surface area (Å²) in [7, 11) is 1.43. The van der Waals surface area contributed by atoms with E-state index in [1.165, 1.54) is 19.2 Å². The van der Waals surface area contributed by atoms with Gasteiger partial charge in [0.1, 0.15) is 6.61 Å². The zero-order valence-electron chi connectivity index (χ0n) is 15.7. The normalized spacial score (nSPS) is 18.6. The molecule has 0 aliphatic heterocycles. The smallest absolute Gasteiger partial charge is 0.284 e. The average Bonchev–Trinajstić information content (AvgIpc) is 3.20.